The minimum atomic E-state index is 0.880. The van der Waals surface area contributed by atoms with E-state index < -0.39 is 0 Å². The number of hydrogen-bond acceptors (Lipinski definition) is 0. The summed E-state index contributed by atoms with van der Waals surface area (Å²) in [6.07, 6.45) is 1.81. The summed E-state index contributed by atoms with van der Waals surface area (Å²) < 4.78 is 1.93. The molecule has 0 amide bonds. The highest BCUT2D eigenvalue weighted by atomic mass is 79.9. The zero-order chi connectivity index (χ0) is 9.14. The molecule has 0 spiro atoms. The monoisotopic (exact) mass is 286 g/mol. The van der Waals surface area contributed by atoms with Crippen LogP contribution in [-0.4, -0.2) is 0 Å². The first-order chi connectivity index (χ1) is 5.65. The predicted molar refractivity (Wildman–Crippen MR) is 62.2 cm³/mol. The molecule has 0 saturated heterocycles. The fraction of sp³-hybridized carbons (Fsp3) is 0. The maximum atomic E-state index is 3.82. The highest BCUT2D eigenvalue weighted by molar-refractivity contribution is 9.15. The first kappa shape index (κ1) is 9.75. The summed E-state index contributed by atoms with van der Waals surface area (Å²) in [5.41, 5.74) is 2.15. The van der Waals surface area contributed by atoms with Crippen LogP contribution in [0.4, 0.5) is 0 Å². The molecule has 0 saturated carbocycles. The first-order valence-electron chi connectivity index (χ1n) is 3.42. The second-order valence-electron chi connectivity index (χ2n) is 2.34. The maximum absolute atomic E-state index is 3.82. The third kappa shape index (κ3) is 2.08. The van der Waals surface area contributed by atoms with E-state index in [9.17, 15) is 0 Å². The molecule has 0 bridgehead atoms. The van der Waals surface area contributed by atoms with Crippen molar-refractivity contribution in [2.75, 3.05) is 0 Å². The maximum Gasteiger partial charge on any atom is 0.0181 e. The summed E-state index contributed by atoms with van der Waals surface area (Å²) >= 11 is 6.73. The Morgan fingerprint density at radius 1 is 1.42 bits per heavy atom. The van der Waals surface area contributed by atoms with Gasteiger partial charge in [0.15, 0.2) is 0 Å². The van der Waals surface area contributed by atoms with Gasteiger partial charge in [0, 0.05) is 8.96 Å². The van der Waals surface area contributed by atoms with Gasteiger partial charge in [0.25, 0.3) is 0 Å². The van der Waals surface area contributed by atoms with Crippen molar-refractivity contribution in [1.82, 2.24) is 0 Å². The lowest BCUT2D eigenvalue weighted by atomic mass is 10.1. The summed E-state index contributed by atoms with van der Waals surface area (Å²) in [5, 5.41) is 0. The molecule has 62 valence electrons. The molecule has 0 aliphatic carbocycles. The van der Waals surface area contributed by atoms with Crippen molar-refractivity contribution < 1.29 is 0 Å². The van der Waals surface area contributed by atoms with Gasteiger partial charge in [-0.1, -0.05) is 57.2 Å². The molecule has 0 fully saturated rings. The van der Waals surface area contributed by atoms with Gasteiger partial charge < -0.3 is 0 Å². The van der Waals surface area contributed by atoms with E-state index in [1.807, 2.05) is 24.3 Å². The largest absolute Gasteiger partial charge is 0.0984 e. The van der Waals surface area contributed by atoms with Crippen LogP contribution in [0.1, 0.15) is 11.1 Å². The highest BCUT2D eigenvalue weighted by Gasteiger charge is 2.00. The summed E-state index contributed by atoms with van der Waals surface area (Å²) in [6.45, 7) is 7.55. The van der Waals surface area contributed by atoms with E-state index in [-0.39, 0.29) is 0 Å². The minimum absolute atomic E-state index is 0.880. The molecule has 0 heterocycles. The van der Waals surface area contributed by atoms with Crippen LogP contribution < -0.4 is 0 Å². The molecular weight excluding hydrogens is 280 g/mol. The quantitative estimate of drug-likeness (QED) is 0.753. The van der Waals surface area contributed by atoms with Crippen molar-refractivity contribution in [1.29, 1.82) is 0 Å². The fourth-order valence-corrected chi connectivity index (χ4v) is 1.69. The zero-order valence-corrected chi connectivity index (χ0v) is 9.65. The second-order valence-corrected chi connectivity index (χ2v) is 4.21. The Labute approximate surface area is 89.2 Å². The van der Waals surface area contributed by atoms with Crippen molar-refractivity contribution in [3.8, 4) is 0 Å². The van der Waals surface area contributed by atoms with E-state index in [0.717, 1.165) is 20.1 Å². The molecule has 0 aliphatic rings. The van der Waals surface area contributed by atoms with Gasteiger partial charge in [-0.2, -0.15) is 0 Å². The van der Waals surface area contributed by atoms with Crippen molar-refractivity contribution in [3.05, 3.63) is 47.0 Å². The Balaban J connectivity index is 3.29. The summed E-state index contributed by atoms with van der Waals surface area (Å²) in [4.78, 5) is 0. The van der Waals surface area contributed by atoms with E-state index in [1.54, 1.807) is 0 Å². The topological polar surface area (TPSA) is 0 Å². The van der Waals surface area contributed by atoms with Gasteiger partial charge >= 0.3 is 0 Å². The average molecular weight is 288 g/mol. The molecule has 2 heteroatoms. The highest BCUT2D eigenvalue weighted by Crippen LogP contribution is 2.26. The molecule has 0 N–H and O–H groups in total. The summed E-state index contributed by atoms with van der Waals surface area (Å²) in [7, 11) is 0. The van der Waals surface area contributed by atoms with Crippen molar-refractivity contribution >= 4 is 42.4 Å². The van der Waals surface area contributed by atoms with E-state index in [0.29, 0.717) is 0 Å². The molecule has 0 unspecified atom stereocenters. The summed E-state index contributed by atoms with van der Waals surface area (Å²) in [6, 6.07) is 5.99. The second kappa shape index (κ2) is 4.06. The smallest absolute Gasteiger partial charge is 0.0181 e. The SMILES string of the molecule is C=Cc1cc(Br)ccc1C(=C)Br. The normalized spacial score (nSPS) is 9.50. The Bertz CT molecular complexity index is 327. The molecule has 12 heavy (non-hydrogen) atoms. The number of rotatable bonds is 2. The molecule has 0 aromatic heterocycles. The van der Waals surface area contributed by atoms with Gasteiger partial charge in [0.1, 0.15) is 0 Å². The van der Waals surface area contributed by atoms with Crippen molar-refractivity contribution in [3.63, 3.8) is 0 Å². The van der Waals surface area contributed by atoms with Crippen LogP contribution >= 0.6 is 31.9 Å². The molecule has 0 aliphatic heterocycles. The van der Waals surface area contributed by atoms with E-state index in [1.165, 1.54) is 0 Å². The molecule has 0 radical (unpaired) electrons. The Hall–Kier alpha value is -0.340. The minimum Gasteiger partial charge on any atom is -0.0984 e. The lowest BCUT2D eigenvalue weighted by Gasteiger charge is -2.03. The van der Waals surface area contributed by atoms with Gasteiger partial charge in [-0.05, 0) is 23.3 Å². The predicted octanol–water partition coefficient (Wildman–Crippen LogP) is 4.46. The molecule has 1 aromatic rings. The van der Waals surface area contributed by atoms with Gasteiger partial charge in [0.2, 0.25) is 0 Å². The van der Waals surface area contributed by atoms with Crippen LogP contribution in [0.5, 0.6) is 0 Å². The third-order valence-corrected chi connectivity index (χ3v) is 2.45. The molecule has 0 atom stereocenters. The van der Waals surface area contributed by atoms with Crippen LogP contribution in [0.25, 0.3) is 10.6 Å². The first-order valence-corrected chi connectivity index (χ1v) is 5.00. The number of halogens is 2. The van der Waals surface area contributed by atoms with Crippen LogP contribution in [0.3, 0.4) is 0 Å². The Kier molecular flexibility index (Phi) is 3.29. The molecule has 1 rings (SSSR count). The number of benzene rings is 1. The third-order valence-electron chi connectivity index (χ3n) is 1.53. The van der Waals surface area contributed by atoms with Crippen LogP contribution in [0, 0.1) is 0 Å². The standard InChI is InChI=1S/C10H8Br2/c1-3-8-6-9(12)4-5-10(8)7(2)11/h3-6H,1-2H2. The van der Waals surface area contributed by atoms with Crippen LogP contribution in [-0.2, 0) is 0 Å². The zero-order valence-electron chi connectivity index (χ0n) is 6.48. The average Bonchev–Trinajstić information content (AvgIpc) is 2.03. The van der Waals surface area contributed by atoms with Crippen molar-refractivity contribution in [2.24, 2.45) is 0 Å². The Morgan fingerprint density at radius 3 is 2.58 bits per heavy atom. The number of hydrogen-bond donors (Lipinski definition) is 0. The fourth-order valence-electron chi connectivity index (χ4n) is 0.950. The molecule has 1 aromatic carbocycles. The van der Waals surface area contributed by atoms with E-state index >= 15 is 0 Å². The molecule has 0 nitrogen and oxygen atoms in total. The molecular formula is C10H8Br2. The van der Waals surface area contributed by atoms with Gasteiger partial charge in [-0.15, -0.1) is 0 Å². The van der Waals surface area contributed by atoms with E-state index in [4.69, 9.17) is 0 Å². The van der Waals surface area contributed by atoms with Crippen LogP contribution in [0.15, 0.2) is 35.8 Å². The van der Waals surface area contributed by atoms with Crippen LogP contribution in [0.2, 0.25) is 0 Å². The Morgan fingerprint density at radius 2 is 2.08 bits per heavy atom. The van der Waals surface area contributed by atoms with E-state index in [2.05, 4.69) is 45.0 Å². The van der Waals surface area contributed by atoms with Gasteiger partial charge in [0.05, 0.1) is 0 Å². The lowest BCUT2D eigenvalue weighted by molar-refractivity contribution is 1.57. The lowest BCUT2D eigenvalue weighted by Crippen LogP contribution is -1.82. The van der Waals surface area contributed by atoms with Gasteiger partial charge in [-0.3, -0.25) is 0 Å². The summed E-state index contributed by atoms with van der Waals surface area (Å²) in [5.74, 6) is 0. The van der Waals surface area contributed by atoms with Gasteiger partial charge in [-0.25, -0.2) is 0 Å². The van der Waals surface area contributed by atoms with Crippen molar-refractivity contribution in [2.45, 2.75) is 0 Å².